The molecule has 1 aromatic carbocycles. The summed E-state index contributed by atoms with van der Waals surface area (Å²) >= 11 is 1.04. The lowest BCUT2D eigenvalue weighted by Gasteiger charge is -2.07. The normalized spacial score (nSPS) is 10.1. The molecule has 0 aliphatic rings. The predicted octanol–water partition coefficient (Wildman–Crippen LogP) is 1.60. The number of hydrogen-bond acceptors (Lipinski definition) is 7. The zero-order valence-electron chi connectivity index (χ0n) is 11.2. The van der Waals surface area contributed by atoms with Crippen LogP contribution in [0, 0.1) is 17.0 Å². The van der Waals surface area contributed by atoms with Gasteiger partial charge in [0.1, 0.15) is 10.6 Å². The number of aryl methyl sites for hydroxylation is 1. The second-order valence-corrected chi connectivity index (χ2v) is 4.90. The van der Waals surface area contributed by atoms with Crippen LogP contribution in [0.3, 0.4) is 0 Å². The zero-order valence-corrected chi connectivity index (χ0v) is 12.0. The molecule has 0 saturated carbocycles. The van der Waals surface area contributed by atoms with Gasteiger partial charge in [-0.25, -0.2) is 0 Å². The second kappa shape index (κ2) is 6.75. The molecule has 0 atom stereocenters. The number of para-hydroxylation sites is 2. The van der Waals surface area contributed by atoms with Crippen molar-refractivity contribution in [3.63, 3.8) is 0 Å². The highest BCUT2D eigenvalue weighted by molar-refractivity contribution is 7.07. The third kappa shape index (κ3) is 3.72. The van der Waals surface area contributed by atoms with Crippen molar-refractivity contribution in [2.45, 2.75) is 6.92 Å². The van der Waals surface area contributed by atoms with Crippen LogP contribution in [0.25, 0.3) is 0 Å². The van der Waals surface area contributed by atoms with Crippen LogP contribution >= 0.6 is 11.5 Å². The SMILES string of the molecule is Cc1nnsc1C(=O)NCCNc1ccccc1[N+](=O)[O-]. The number of aromatic nitrogens is 2. The van der Waals surface area contributed by atoms with E-state index in [4.69, 9.17) is 0 Å². The van der Waals surface area contributed by atoms with Crippen molar-refractivity contribution in [1.29, 1.82) is 0 Å². The molecule has 8 nitrogen and oxygen atoms in total. The van der Waals surface area contributed by atoms with Crippen LogP contribution in [0.2, 0.25) is 0 Å². The van der Waals surface area contributed by atoms with Gasteiger partial charge in [-0.3, -0.25) is 14.9 Å². The van der Waals surface area contributed by atoms with Gasteiger partial charge in [-0.2, -0.15) is 0 Å². The van der Waals surface area contributed by atoms with Gasteiger partial charge in [0.25, 0.3) is 11.6 Å². The maximum atomic E-state index is 11.8. The first kappa shape index (κ1) is 14.9. The molecular formula is C12H13N5O3S. The molecule has 1 aromatic heterocycles. The lowest BCUT2D eigenvalue weighted by atomic mass is 10.2. The number of nitro groups is 1. The van der Waals surface area contributed by atoms with Gasteiger partial charge in [-0.15, -0.1) is 5.10 Å². The molecule has 110 valence electrons. The van der Waals surface area contributed by atoms with E-state index in [1.807, 2.05) is 0 Å². The van der Waals surface area contributed by atoms with Gasteiger partial charge in [-0.1, -0.05) is 16.6 Å². The molecule has 0 saturated heterocycles. The summed E-state index contributed by atoms with van der Waals surface area (Å²) < 4.78 is 3.69. The molecular weight excluding hydrogens is 294 g/mol. The third-order valence-corrected chi connectivity index (χ3v) is 3.51. The van der Waals surface area contributed by atoms with Gasteiger partial charge < -0.3 is 10.6 Å². The summed E-state index contributed by atoms with van der Waals surface area (Å²) in [6, 6.07) is 6.36. The third-order valence-electron chi connectivity index (χ3n) is 2.68. The van der Waals surface area contributed by atoms with Crippen molar-refractivity contribution in [1.82, 2.24) is 14.9 Å². The summed E-state index contributed by atoms with van der Waals surface area (Å²) in [4.78, 5) is 22.7. The van der Waals surface area contributed by atoms with Crippen molar-refractivity contribution < 1.29 is 9.72 Å². The minimum absolute atomic E-state index is 0.00586. The molecule has 2 N–H and O–H groups in total. The predicted molar refractivity (Wildman–Crippen MR) is 78.6 cm³/mol. The number of amides is 1. The summed E-state index contributed by atoms with van der Waals surface area (Å²) in [6.45, 7) is 2.42. The fraction of sp³-hybridized carbons (Fsp3) is 0.250. The van der Waals surface area contributed by atoms with Crippen molar-refractivity contribution in [3.8, 4) is 0 Å². The number of benzene rings is 1. The summed E-state index contributed by atoms with van der Waals surface area (Å²) in [5.74, 6) is -0.244. The van der Waals surface area contributed by atoms with E-state index in [1.54, 1.807) is 25.1 Å². The minimum Gasteiger partial charge on any atom is -0.378 e. The molecule has 0 bridgehead atoms. The monoisotopic (exact) mass is 307 g/mol. The van der Waals surface area contributed by atoms with E-state index >= 15 is 0 Å². The molecule has 0 aliphatic carbocycles. The van der Waals surface area contributed by atoms with Gasteiger partial charge in [0.2, 0.25) is 0 Å². The second-order valence-electron chi connectivity index (χ2n) is 4.14. The molecule has 2 aromatic rings. The summed E-state index contributed by atoms with van der Waals surface area (Å²) in [5.41, 5.74) is 1.02. The lowest BCUT2D eigenvalue weighted by Crippen LogP contribution is -2.28. The van der Waals surface area contributed by atoms with Crippen molar-refractivity contribution in [2.75, 3.05) is 18.4 Å². The van der Waals surface area contributed by atoms with E-state index < -0.39 is 4.92 Å². The van der Waals surface area contributed by atoms with Crippen LogP contribution < -0.4 is 10.6 Å². The standard InChI is InChI=1S/C12H13N5O3S/c1-8-11(21-16-15-8)12(18)14-7-6-13-9-4-2-3-5-10(9)17(19)20/h2-5,13H,6-7H2,1H3,(H,14,18). The maximum Gasteiger partial charge on any atom is 0.292 e. The summed E-state index contributed by atoms with van der Waals surface area (Å²) in [7, 11) is 0. The van der Waals surface area contributed by atoms with Crippen LogP contribution in [0.15, 0.2) is 24.3 Å². The number of hydrogen-bond donors (Lipinski definition) is 2. The van der Waals surface area contributed by atoms with Crippen LogP contribution in [0.5, 0.6) is 0 Å². The Bertz CT molecular complexity index is 658. The minimum atomic E-state index is -0.451. The molecule has 9 heteroatoms. The highest BCUT2D eigenvalue weighted by Gasteiger charge is 2.13. The number of carbonyl (C=O) groups excluding carboxylic acids is 1. The Kier molecular flexibility index (Phi) is 4.77. The Morgan fingerprint density at radius 2 is 2.14 bits per heavy atom. The highest BCUT2D eigenvalue weighted by Crippen LogP contribution is 2.22. The fourth-order valence-electron chi connectivity index (χ4n) is 1.68. The molecule has 0 radical (unpaired) electrons. The number of anilines is 1. The summed E-state index contributed by atoms with van der Waals surface area (Å²) in [5, 5.41) is 20.2. The van der Waals surface area contributed by atoms with Crippen molar-refractivity contribution in [3.05, 3.63) is 45.0 Å². The quantitative estimate of drug-likeness (QED) is 0.476. The molecule has 0 fully saturated rings. The Labute approximate surface area is 124 Å². The Morgan fingerprint density at radius 3 is 2.81 bits per heavy atom. The number of rotatable bonds is 6. The molecule has 1 heterocycles. The van der Waals surface area contributed by atoms with Gasteiger partial charge in [-0.05, 0) is 24.5 Å². The number of nitrogens with zero attached hydrogens (tertiary/aromatic N) is 3. The van der Waals surface area contributed by atoms with Gasteiger partial charge in [0.15, 0.2) is 0 Å². The van der Waals surface area contributed by atoms with E-state index in [9.17, 15) is 14.9 Å². The molecule has 1 amide bonds. The van der Waals surface area contributed by atoms with Crippen molar-refractivity contribution >= 4 is 28.8 Å². The highest BCUT2D eigenvalue weighted by atomic mass is 32.1. The molecule has 0 unspecified atom stereocenters. The smallest absolute Gasteiger partial charge is 0.292 e. The molecule has 0 spiro atoms. The van der Waals surface area contributed by atoms with Gasteiger partial charge in [0.05, 0.1) is 10.6 Å². The largest absolute Gasteiger partial charge is 0.378 e. The van der Waals surface area contributed by atoms with Gasteiger partial charge >= 0.3 is 0 Å². The maximum absolute atomic E-state index is 11.8. The fourth-order valence-corrected chi connectivity index (χ4v) is 2.25. The Balaban J connectivity index is 1.84. The van der Waals surface area contributed by atoms with Gasteiger partial charge in [0, 0.05) is 19.2 Å². The van der Waals surface area contributed by atoms with E-state index in [0.717, 1.165) is 11.5 Å². The van der Waals surface area contributed by atoms with E-state index in [2.05, 4.69) is 20.2 Å². The number of nitrogens with one attached hydrogen (secondary N) is 2. The molecule has 2 rings (SSSR count). The lowest BCUT2D eigenvalue weighted by molar-refractivity contribution is -0.384. The Morgan fingerprint density at radius 1 is 1.38 bits per heavy atom. The zero-order chi connectivity index (χ0) is 15.2. The average Bonchev–Trinajstić information content (AvgIpc) is 2.90. The number of carbonyl (C=O) groups is 1. The number of nitro benzene ring substituents is 1. The van der Waals surface area contributed by atoms with E-state index in [1.165, 1.54) is 6.07 Å². The molecule has 21 heavy (non-hydrogen) atoms. The van der Waals surface area contributed by atoms with Crippen LogP contribution in [-0.4, -0.2) is 33.5 Å². The van der Waals surface area contributed by atoms with Crippen molar-refractivity contribution in [2.24, 2.45) is 0 Å². The van der Waals surface area contributed by atoms with Crippen LogP contribution in [-0.2, 0) is 0 Å². The van der Waals surface area contributed by atoms with Crippen LogP contribution in [0.1, 0.15) is 15.4 Å². The van der Waals surface area contributed by atoms with E-state index in [-0.39, 0.29) is 11.6 Å². The van der Waals surface area contributed by atoms with Crippen LogP contribution in [0.4, 0.5) is 11.4 Å². The Hall–Kier alpha value is -2.55. The first-order valence-corrected chi connectivity index (χ1v) is 6.91. The average molecular weight is 307 g/mol. The summed E-state index contributed by atoms with van der Waals surface area (Å²) in [6.07, 6.45) is 0. The first-order chi connectivity index (χ1) is 10.1. The molecule has 0 aliphatic heterocycles. The van der Waals surface area contributed by atoms with E-state index in [0.29, 0.717) is 29.3 Å². The first-order valence-electron chi connectivity index (χ1n) is 6.14. The topological polar surface area (TPSA) is 110 Å².